The van der Waals surface area contributed by atoms with Crippen LogP contribution >= 0.6 is 0 Å². The highest BCUT2D eigenvalue weighted by Gasteiger charge is 2.08. The highest BCUT2D eigenvalue weighted by Crippen LogP contribution is 2.19. The molecule has 0 atom stereocenters. The molecule has 3 aromatic carbocycles. The second kappa shape index (κ2) is 6.55. The predicted octanol–water partition coefficient (Wildman–Crippen LogP) is 5.26. The molecule has 116 valence electrons. The van der Waals surface area contributed by atoms with Gasteiger partial charge in [0.25, 0.3) is 0 Å². The Morgan fingerprint density at radius 2 is 1.38 bits per heavy atom. The van der Waals surface area contributed by atoms with Crippen molar-refractivity contribution in [3.63, 3.8) is 0 Å². The van der Waals surface area contributed by atoms with Gasteiger partial charge in [-0.2, -0.15) is 0 Å². The minimum atomic E-state index is 0.815. The van der Waals surface area contributed by atoms with E-state index in [1.165, 1.54) is 11.1 Å². The summed E-state index contributed by atoms with van der Waals surface area (Å²) in [4.78, 5) is 4.80. The average molecular weight is 310 g/mol. The van der Waals surface area contributed by atoms with Crippen molar-refractivity contribution in [1.29, 1.82) is 0 Å². The Balaban J connectivity index is 1.77. The quantitative estimate of drug-likeness (QED) is 0.503. The molecule has 0 fully saturated rings. The van der Waals surface area contributed by atoms with Gasteiger partial charge in [0, 0.05) is 6.54 Å². The van der Waals surface area contributed by atoms with Crippen LogP contribution in [-0.2, 0) is 6.54 Å². The zero-order chi connectivity index (χ0) is 16.2. The van der Waals surface area contributed by atoms with E-state index in [4.69, 9.17) is 4.98 Å². The molecule has 0 aliphatic rings. The first-order valence-corrected chi connectivity index (χ1v) is 8.12. The Bertz CT molecular complexity index is 967. The normalized spacial score (nSPS) is 11.3. The van der Waals surface area contributed by atoms with Crippen LogP contribution in [0, 0.1) is 0 Å². The summed E-state index contributed by atoms with van der Waals surface area (Å²) in [6, 6.07) is 29.1. The van der Waals surface area contributed by atoms with Crippen molar-refractivity contribution in [3.05, 3.63) is 102 Å². The predicted molar refractivity (Wildman–Crippen MR) is 101 cm³/mol. The molecule has 0 spiro atoms. The van der Waals surface area contributed by atoms with Gasteiger partial charge in [0.15, 0.2) is 0 Å². The average Bonchev–Trinajstić information content (AvgIpc) is 2.99. The molecule has 2 nitrogen and oxygen atoms in total. The fraction of sp³-hybridized carbons (Fsp3) is 0.0455. The molecule has 1 aromatic heterocycles. The molecule has 0 saturated carbocycles. The number of rotatable bonds is 4. The van der Waals surface area contributed by atoms with Gasteiger partial charge in [-0.15, -0.1) is 0 Å². The van der Waals surface area contributed by atoms with E-state index in [1.54, 1.807) is 0 Å². The molecule has 24 heavy (non-hydrogen) atoms. The van der Waals surface area contributed by atoms with Gasteiger partial charge in [0.05, 0.1) is 11.0 Å². The van der Waals surface area contributed by atoms with Crippen molar-refractivity contribution < 1.29 is 0 Å². The monoisotopic (exact) mass is 310 g/mol. The lowest BCUT2D eigenvalue weighted by molar-refractivity contribution is 0.814. The van der Waals surface area contributed by atoms with Gasteiger partial charge in [0.2, 0.25) is 0 Å². The van der Waals surface area contributed by atoms with E-state index in [-0.39, 0.29) is 0 Å². The molecular formula is C22H18N2. The second-order valence-corrected chi connectivity index (χ2v) is 5.77. The number of hydrogen-bond donors (Lipinski definition) is 0. The van der Waals surface area contributed by atoms with Gasteiger partial charge in [-0.3, -0.25) is 0 Å². The smallest absolute Gasteiger partial charge is 0.134 e. The number of nitrogens with zero attached hydrogens (tertiary/aromatic N) is 2. The van der Waals surface area contributed by atoms with Crippen LogP contribution in [0.5, 0.6) is 0 Å². The summed E-state index contributed by atoms with van der Waals surface area (Å²) in [7, 11) is 0. The van der Waals surface area contributed by atoms with Gasteiger partial charge in [-0.1, -0.05) is 78.9 Å². The van der Waals surface area contributed by atoms with E-state index in [0.717, 1.165) is 23.4 Å². The van der Waals surface area contributed by atoms with Crippen LogP contribution in [0.2, 0.25) is 0 Å². The lowest BCUT2D eigenvalue weighted by atomic mass is 10.2. The first-order chi connectivity index (χ1) is 11.9. The van der Waals surface area contributed by atoms with E-state index in [1.807, 2.05) is 30.3 Å². The zero-order valence-electron chi connectivity index (χ0n) is 13.3. The largest absolute Gasteiger partial charge is 0.320 e. The molecule has 0 aliphatic heterocycles. The maximum Gasteiger partial charge on any atom is 0.134 e. The van der Waals surface area contributed by atoms with Crippen molar-refractivity contribution in [2.45, 2.75) is 6.54 Å². The second-order valence-electron chi connectivity index (χ2n) is 5.77. The molecule has 0 bridgehead atoms. The molecule has 0 amide bonds. The Kier molecular flexibility index (Phi) is 3.95. The van der Waals surface area contributed by atoms with Gasteiger partial charge in [0.1, 0.15) is 5.82 Å². The third-order valence-electron chi connectivity index (χ3n) is 4.09. The van der Waals surface area contributed by atoms with Crippen molar-refractivity contribution in [3.8, 4) is 0 Å². The number of imidazole rings is 1. The van der Waals surface area contributed by atoms with Gasteiger partial charge in [-0.05, 0) is 29.3 Å². The van der Waals surface area contributed by atoms with Crippen molar-refractivity contribution in [2.24, 2.45) is 0 Å². The molecule has 0 saturated heterocycles. The Morgan fingerprint density at radius 1 is 0.708 bits per heavy atom. The van der Waals surface area contributed by atoms with Crippen LogP contribution in [0.25, 0.3) is 23.2 Å². The molecule has 4 aromatic rings. The summed E-state index contributed by atoms with van der Waals surface area (Å²) >= 11 is 0. The molecule has 0 radical (unpaired) electrons. The molecule has 0 unspecified atom stereocenters. The maximum absolute atomic E-state index is 4.80. The Morgan fingerprint density at radius 3 is 2.17 bits per heavy atom. The van der Waals surface area contributed by atoms with Crippen LogP contribution in [0.15, 0.2) is 84.9 Å². The van der Waals surface area contributed by atoms with Crippen LogP contribution in [0.3, 0.4) is 0 Å². The highest BCUT2D eigenvalue weighted by molar-refractivity contribution is 5.80. The minimum Gasteiger partial charge on any atom is -0.320 e. The Labute approximate surface area is 141 Å². The molecule has 4 rings (SSSR count). The number of para-hydroxylation sites is 2. The fourth-order valence-electron chi connectivity index (χ4n) is 2.89. The third-order valence-corrected chi connectivity index (χ3v) is 4.09. The van der Waals surface area contributed by atoms with Gasteiger partial charge >= 0.3 is 0 Å². The number of benzene rings is 3. The first-order valence-electron chi connectivity index (χ1n) is 8.12. The zero-order valence-corrected chi connectivity index (χ0v) is 13.3. The number of aromatic nitrogens is 2. The summed E-state index contributed by atoms with van der Waals surface area (Å²) in [5.74, 6) is 0.976. The molecule has 0 aliphatic carbocycles. The fourth-order valence-corrected chi connectivity index (χ4v) is 2.89. The van der Waals surface area contributed by atoms with E-state index < -0.39 is 0 Å². The van der Waals surface area contributed by atoms with Gasteiger partial charge in [-0.25, -0.2) is 4.98 Å². The lowest BCUT2D eigenvalue weighted by Crippen LogP contribution is -2.01. The topological polar surface area (TPSA) is 17.8 Å². The van der Waals surface area contributed by atoms with Crippen molar-refractivity contribution >= 4 is 23.2 Å². The summed E-state index contributed by atoms with van der Waals surface area (Å²) in [6.45, 7) is 0.815. The summed E-state index contributed by atoms with van der Waals surface area (Å²) in [5.41, 5.74) is 4.64. The van der Waals surface area contributed by atoms with E-state index in [0.29, 0.717) is 0 Å². The summed E-state index contributed by atoms with van der Waals surface area (Å²) < 4.78 is 2.27. The van der Waals surface area contributed by atoms with E-state index in [2.05, 4.69) is 71.3 Å². The number of fused-ring (bicyclic) bond motifs is 1. The van der Waals surface area contributed by atoms with Crippen molar-refractivity contribution in [1.82, 2.24) is 9.55 Å². The van der Waals surface area contributed by atoms with Crippen LogP contribution in [0.4, 0.5) is 0 Å². The Hall–Kier alpha value is -3.13. The molecular weight excluding hydrogens is 292 g/mol. The first kappa shape index (κ1) is 14.5. The lowest BCUT2D eigenvalue weighted by Gasteiger charge is -2.07. The third kappa shape index (κ3) is 2.99. The highest BCUT2D eigenvalue weighted by atomic mass is 15.1. The standard InChI is InChI=1S/C22H18N2/c1-3-9-18(10-4-1)15-16-22-23-20-13-7-8-14-21(20)24(22)17-19-11-5-2-6-12-19/h1-16H,17H2/b16-15+. The summed E-state index contributed by atoms with van der Waals surface area (Å²) in [5, 5.41) is 0. The van der Waals surface area contributed by atoms with E-state index >= 15 is 0 Å². The number of hydrogen-bond acceptors (Lipinski definition) is 1. The van der Waals surface area contributed by atoms with Crippen LogP contribution < -0.4 is 0 Å². The van der Waals surface area contributed by atoms with Crippen molar-refractivity contribution in [2.75, 3.05) is 0 Å². The SMILES string of the molecule is C(=C\c1nc2ccccc2n1Cc1ccccc1)/c1ccccc1. The van der Waals surface area contributed by atoms with Gasteiger partial charge < -0.3 is 4.57 Å². The molecule has 2 heteroatoms. The molecule has 0 N–H and O–H groups in total. The molecule has 1 heterocycles. The minimum absolute atomic E-state index is 0.815. The maximum atomic E-state index is 4.80. The van der Waals surface area contributed by atoms with Crippen LogP contribution in [0.1, 0.15) is 17.0 Å². The van der Waals surface area contributed by atoms with E-state index in [9.17, 15) is 0 Å². The summed E-state index contributed by atoms with van der Waals surface area (Å²) in [6.07, 6.45) is 4.21. The van der Waals surface area contributed by atoms with Crippen LogP contribution in [-0.4, -0.2) is 9.55 Å².